The number of nitrogens with zero attached hydrogens (tertiary/aromatic N) is 5. The number of anilines is 1. The smallest absolute Gasteiger partial charge is 0.346 e. The highest BCUT2D eigenvalue weighted by Gasteiger charge is 2.49. The van der Waals surface area contributed by atoms with Gasteiger partial charge in [0, 0.05) is 32.4 Å². The molecule has 2 aliphatic rings. The van der Waals surface area contributed by atoms with E-state index in [1.54, 1.807) is 6.20 Å². The lowest BCUT2D eigenvalue weighted by Crippen LogP contribution is -2.48. The van der Waals surface area contributed by atoms with E-state index >= 15 is 0 Å². The first-order valence-corrected chi connectivity index (χ1v) is 15.8. The number of fused-ring (bicyclic) bond motifs is 4. The summed E-state index contributed by atoms with van der Waals surface area (Å²) < 4.78 is 41.7. The standard InChI is InChI=1S/C36H35F3N6O/c37-36(38,39)25-41-33(46)35(28-13-3-1-11-26(28)27-12-2-4-14-29(27)35)18-8-10-20-43-21-23-44(24-22-43)34-42-30-15-5-6-16-31(30)45(34)32-17-7-9-19-40-32/h1-7,9,11-17,19H,8,10,18,20-25H2,(H,41,46). The molecule has 0 radical (unpaired) electrons. The zero-order valence-corrected chi connectivity index (χ0v) is 25.4. The molecule has 7 nitrogen and oxygen atoms in total. The van der Waals surface area contributed by atoms with Crippen molar-refractivity contribution in [3.63, 3.8) is 0 Å². The molecule has 10 heteroatoms. The quantitative estimate of drug-likeness (QED) is 0.194. The van der Waals surface area contributed by atoms with Crippen LogP contribution in [0.15, 0.2) is 97.2 Å². The first-order chi connectivity index (χ1) is 22.3. The number of unbranched alkanes of at least 4 members (excludes halogenated alkanes) is 1. The molecule has 7 rings (SSSR count). The Morgan fingerprint density at radius 1 is 0.804 bits per heavy atom. The number of benzene rings is 3. The van der Waals surface area contributed by atoms with Gasteiger partial charge in [0.25, 0.3) is 0 Å². The van der Waals surface area contributed by atoms with Crippen LogP contribution >= 0.6 is 0 Å². The fourth-order valence-electron chi connectivity index (χ4n) is 7.12. The predicted octanol–water partition coefficient (Wildman–Crippen LogP) is 6.36. The average molecular weight is 625 g/mol. The molecule has 1 saturated heterocycles. The summed E-state index contributed by atoms with van der Waals surface area (Å²) in [5.74, 6) is 1.12. The van der Waals surface area contributed by atoms with Gasteiger partial charge >= 0.3 is 6.18 Å². The minimum atomic E-state index is -4.49. The van der Waals surface area contributed by atoms with E-state index in [1.807, 2.05) is 84.9 Å². The van der Waals surface area contributed by atoms with E-state index in [-0.39, 0.29) is 0 Å². The second-order valence-corrected chi connectivity index (χ2v) is 12.0. The molecule has 0 bridgehead atoms. The third-order valence-corrected chi connectivity index (χ3v) is 9.25. The van der Waals surface area contributed by atoms with E-state index in [9.17, 15) is 18.0 Å². The average Bonchev–Trinajstić information content (AvgIpc) is 3.61. The Morgan fingerprint density at radius 2 is 1.46 bits per heavy atom. The summed E-state index contributed by atoms with van der Waals surface area (Å²) in [6.07, 6.45) is -0.752. The Bertz CT molecular complexity index is 1800. The SMILES string of the molecule is O=C(NCC(F)(F)F)C1(CCCCN2CCN(c3nc4ccccc4n3-c3ccccn3)CC2)c2ccccc2-c2ccccc21. The summed E-state index contributed by atoms with van der Waals surface area (Å²) in [4.78, 5) is 28.0. The van der Waals surface area contributed by atoms with Crippen LogP contribution in [0.2, 0.25) is 0 Å². The van der Waals surface area contributed by atoms with Crippen LogP contribution in [0.3, 0.4) is 0 Å². The van der Waals surface area contributed by atoms with Crippen LogP contribution in [0.5, 0.6) is 0 Å². The topological polar surface area (TPSA) is 66.3 Å². The maximum absolute atomic E-state index is 13.8. The molecule has 3 heterocycles. The number of amides is 1. The molecule has 3 aromatic carbocycles. The van der Waals surface area contributed by atoms with Crippen molar-refractivity contribution in [1.82, 2.24) is 24.8 Å². The molecular formula is C36H35F3N6O. The molecule has 1 fully saturated rings. The summed E-state index contributed by atoms with van der Waals surface area (Å²) in [7, 11) is 0. The summed E-state index contributed by atoms with van der Waals surface area (Å²) in [5, 5.41) is 2.23. The molecular weight excluding hydrogens is 589 g/mol. The monoisotopic (exact) mass is 624 g/mol. The largest absolute Gasteiger partial charge is 0.405 e. The van der Waals surface area contributed by atoms with Crippen molar-refractivity contribution in [3.8, 4) is 16.9 Å². The van der Waals surface area contributed by atoms with Crippen LogP contribution in [0.1, 0.15) is 30.4 Å². The number of carbonyl (C=O) groups is 1. The molecule has 46 heavy (non-hydrogen) atoms. The number of hydrogen-bond acceptors (Lipinski definition) is 5. The summed E-state index contributed by atoms with van der Waals surface area (Å²) in [6, 6.07) is 29.2. The number of alkyl halides is 3. The van der Waals surface area contributed by atoms with E-state index in [0.29, 0.717) is 12.8 Å². The number of piperazine rings is 1. The number of carbonyl (C=O) groups excluding carboxylic acids is 1. The highest BCUT2D eigenvalue weighted by Crippen LogP contribution is 2.51. The van der Waals surface area contributed by atoms with Gasteiger partial charge in [-0.15, -0.1) is 0 Å². The molecule has 1 amide bonds. The van der Waals surface area contributed by atoms with Crippen LogP contribution < -0.4 is 10.2 Å². The summed E-state index contributed by atoms with van der Waals surface area (Å²) in [6.45, 7) is 2.81. The lowest BCUT2D eigenvalue weighted by Gasteiger charge is -2.36. The van der Waals surface area contributed by atoms with Gasteiger partial charge in [-0.25, -0.2) is 9.97 Å². The number of nitrogens with one attached hydrogen (secondary N) is 1. The summed E-state index contributed by atoms with van der Waals surface area (Å²) in [5.41, 5.74) is 4.15. The third-order valence-electron chi connectivity index (χ3n) is 9.25. The van der Waals surface area contributed by atoms with Crippen LogP contribution in [0.4, 0.5) is 19.1 Å². The Labute approximate surface area is 265 Å². The van der Waals surface area contributed by atoms with Gasteiger partial charge in [-0.1, -0.05) is 73.2 Å². The van der Waals surface area contributed by atoms with Crippen molar-refractivity contribution in [1.29, 1.82) is 0 Å². The molecule has 5 aromatic rings. The molecule has 1 N–H and O–H groups in total. The van der Waals surface area contributed by atoms with E-state index in [0.717, 1.165) is 84.2 Å². The molecule has 1 aliphatic carbocycles. The van der Waals surface area contributed by atoms with Crippen molar-refractivity contribution >= 4 is 22.9 Å². The van der Waals surface area contributed by atoms with Crippen LogP contribution in [0, 0.1) is 0 Å². The number of rotatable bonds is 9. The van der Waals surface area contributed by atoms with Crippen molar-refractivity contribution < 1.29 is 18.0 Å². The van der Waals surface area contributed by atoms with Crippen LogP contribution in [-0.4, -0.2) is 70.8 Å². The predicted molar refractivity (Wildman–Crippen MR) is 173 cm³/mol. The molecule has 0 saturated carbocycles. The molecule has 1 aliphatic heterocycles. The van der Waals surface area contributed by atoms with Crippen molar-refractivity contribution in [2.45, 2.75) is 30.9 Å². The normalized spacial score (nSPS) is 15.9. The second-order valence-electron chi connectivity index (χ2n) is 12.0. The second kappa shape index (κ2) is 12.2. The van der Waals surface area contributed by atoms with Gasteiger partial charge in [0.1, 0.15) is 17.8 Å². The van der Waals surface area contributed by atoms with E-state index in [4.69, 9.17) is 4.98 Å². The number of hydrogen-bond donors (Lipinski definition) is 1. The minimum absolute atomic E-state index is 0.429. The maximum atomic E-state index is 13.8. The Morgan fingerprint density at radius 3 is 2.13 bits per heavy atom. The lowest BCUT2D eigenvalue weighted by atomic mass is 9.73. The molecule has 0 spiro atoms. The number of halogens is 3. The first-order valence-electron chi connectivity index (χ1n) is 15.8. The van der Waals surface area contributed by atoms with Crippen LogP contribution in [0.25, 0.3) is 28.0 Å². The van der Waals surface area contributed by atoms with E-state index in [1.165, 1.54) is 0 Å². The van der Waals surface area contributed by atoms with E-state index in [2.05, 4.69) is 30.7 Å². The molecule has 0 atom stereocenters. The lowest BCUT2D eigenvalue weighted by molar-refractivity contribution is -0.141. The van der Waals surface area contributed by atoms with Gasteiger partial charge in [-0.3, -0.25) is 14.3 Å². The zero-order valence-electron chi connectivity index (χ0n) is 25.4. The number of imidazole rings is 1. The van der Waals surface area contributed by atoms with Gasteiger partial charge in [0.05, 0.1) is 11.0 Å². The number of para-hydroxylation sites is 2. The molecule has 0 unspecified atom stereocenters. The molecule has 236 valence electrons. The summed E-state index contributed by atoms with van der Waals surface area (Å²) >= 11 is 0. The third kappa shape index (κ3) is 5.51. The maximum Gasteiger partial charge on any atom is 0.405 e. The Kier molecular flexibility index (Phi) is 7.98. The number of pyridine rings is 1. The highest BCUT2D eigenvalue weighted by molar-refractivity contribution is 6.00. The first kappa shape index (κ1) is 30.0. The van der Waals surface area contributed by atoms with E-state index < -0.39 is 24.0 Å². The fraction of sp³-hybridized carbons (Fsp3) is 0.306. The van der Waals surface area contributed by atoms with Gasteiger partial charge < -0.3 is 10.2 Å². The fourth-order valence-corrected chi connectivity index (χ4v) is 7.12. The van der Waals surface area contributed by atoms with Crippen molar-refractivity contribution in [3.05, 3.63) is 108 Å². The van der Waals surface area contributed by atoms with Crippen molar-refractivity contribution in [2.75, 3.05) is 44.2 Å². The Hall–Kier alpha value is -4.70. The van der Waals surface area contributed by atoms with Gasteiger partial charge in [0.15, 0.2) is 0 Å². The highest BCUT2D eigenvalue weighted by atomic mass is 19.4. The Balaban J connectivity index is 1.04. The minimum Gasteiger partial charge on any atom is -0.346 e. The van der Waals surface area contributed by atoms with Crippen LogP contribution in [-0.2, 0) is 10.2 Å². The van der Waals surface area contributed by atoms with Crippen molar-refractivity contribution in [2.24, 2.45) is 0 Å². The zero-order chi connectivity index (χ0) is 31.7. The number of aromatic nitrogens is 3. The van der Waals surface area contributed by atoms with Gasteiger partial charge in [-0.05, 0) is 65.9 Å². The van der Waals surface area contributed by atoms with Gasteiger partial charge in [-0.2, -0.15) is 13.2 Å². The van der Waals surface area contributed by atoms with Gasteiger partial charge in [0.2, 0.25) is 11.9 Å². The molecule has 2 aromatic heterocycles.